The Morgan fingerprint density at radius 1 is 1.33 bits per heavy atom. The minimum Gasteiger partial charge on any atom is -0.362 e. The SMILES string of the molecule is CC1CCSC(=NCCCN2CCCCC2C)N1. The normalized spacial score (nSPS) is 32.4. The molecular formula is C14H27N3S. The van der Waals surface area contributed by atoms with Crippen molar-refractivity contribution >= 4 is 16.9 Å². The Hall–Kier alpha value is -0.220. The van der Waals surface area contributed by atoms with E-state index in [1.54, 1.807) is 0 Å². The van der Waals surface area contributed by atoms with E-state index in [9.17, 15) is 0 Å². The molecule has 2 heterocycles. The molecule has 104 valence electrons. The highest BCUT2D eigenvalue weighted by Gasteiger charge is 2.17. The second kappa shape index (κ2) is 7.39. The van der Waals surface area contributed by atoms with Gasteiger partial charge in [0.15, 0.2) is 5.17 Å². The molecule has 2 unspecified atom stereocenters. The standard InChI is InChI=1S/C14H27N3S/c1-12-7-11-18-14(16-12)15-8-5-10-17-9-4-3-6-13(17)2/h12-13H,3-11H2,1-2H3,(H,15,16). The fourth-order valence-corrected chi connectivity index (χ4v) is 3.82. The summed E-state index contributed by atoms with van der Waals surface area (Å²) in [6.07, 6.45) is 6.63. The molecule has 2 aliphatic heterocycles. The lowest BCUT2D eigenvalue weighted by Gasteiger charge is -2.33. The predicted molar refractivity (Wildman–Crippen MR) is 81.5 cm³/mol. The molecule has 0 spiro atoms. The molecule has 3 nitrogen and oxygen atoms in total. The van der Waals surface area contributed by atoms with E-state index < -0.39 is 0 Å². The van der Waals surface area contributed by atoms with E-state index in [0.717, 1.165) is 12.6 Å². The van der Waals surface area contributed by atoms with Gasteiger partial charge in [-0.15, -0.1) is 0 Å². The van der Waals surface area contributed by atoms with Crippen molar-refractivity contribution in [3.05, 3.63) is 0 Å². The summed E-state index contributed by atoms with van der Waals surface area (Å²) in [4.78, 5) is 7.32. The highest BCUT2D eigenvalue weighted by atomic mass is 32.2. The number of hydrogen-bond donors (Lipinski definition) is 1. The molecular weight excluding hydrogens is 242 g/mol. The first-order valence-electron chi connectivity index (χ1n) is 7.43. The van der Waals surface area contributed by atoms with Crippen molar-refractivity contribution in [3.8, 4) is 0 Å². The molecule has 0 amide bonds. The van der Waals surface area contributed by atoms with E-state index in [4.69, 9.17) is 0 Å². The third-order valence-electron chi connectivity index (χ3n) is 3.96. The van der Waals surface area contributed by atoms with Crippen LogP contribution in [-0.2, 0) is 0 Å². The molecule has 1 N–H and O–H groups in total. The van der Waals surface area contributed by atoms with Gasteiger partial charge in [0.1, 0.15) is 0 Å². The van der Waals surface area contributed by atoms with Crippen LogP contribution in [0.15, 0.2) is 4.99 Å². The predicted octanol–water partition coefficient (Wildman–Crippen LogP) is 2.72. The monoisotopic (exact) mass is 269 g/mol. The van der Waals surface area contributed by atoms with Crippen LogP contribution in [0.2, 0.25) is 0 Å². The van der Waals surface area contributed by atoms with Gasteiger partial charge >= 0.3 is 0 Å². The Kier molecular flexibility index (Phi) is 5.83. The van der Waals surface area contributed by atoms with E-state index in [0.29, 0.717) is 6.04 Å². The van der Waals surface area contributed by atoms with Crippen LogP contribution in [0.1, 0.15) is 46.0 Å². The zero-order valence-electron chi connectivity index (χ0n) is 11.8. The van der Waals surface area contributed by atoms with Crippen molar-refractivity contribution in [1.29, 1.82) is 0 Å². The number of aliphatic imine (C=N–C) groups is 1. The third-order valence-corrected chi connectivity index (χ3v) is 4.92. The Bertz CT molecular complexity index is 280. The molecule has 2 fully saturated rings. The zero-order valence-corrected chi connectivity index (χ0v) is 12.6. The summed E-state index contributed by atoms with van der Waals surface area (Å²) in [5.74, 6) is 1.22. The Labute approximate surface area is 116 Å². The Balaban J connectivity index is 1.64. The number of amidine groups is 1. The molecule has 2 rings (SSSR count). The molecule has 0 saturated carbocycles. The topological polar surface area (TPSA) is 27.6 Å². The van der Waals surface area contributed by atoms with Gasteiger partial charge < -0.3 is 10.2 Å². The maximum absolute atomic E-state index is 4.68. The number of piperidine rings is 1. The maximum Gasteiger partial charge on any atom is 0.156 e. The van der Waals surface area contributed by atoms with Gasteiger partial charge in [-0.2, -0.15) is 0 Å². The van der Waals surface area contributed by atoms with Crippen LogP contribution in [0.5, 0.6) is 0 Å². The summed E-state index contributed by atoms with van der Waals surface area (Å²) in [7, 11) is 0. The van der Waals surface area contributed by atoms with Crippen LogP contribution in [0, 0.1) is 0 Å². The van der Waals surface area contributed by atoms with Crippen LogP contribution >= 0.6 is 11.8 Å². The molecule has 0 aliphatic carbocycles. The van der Waals surface area contributed by atoms with Gasteiger partial charge in [-0.25, -0.2) is 0 Å². The van der Waals surface area contributed by atoms with Gasteiger partial charge in [-0.05, 0) is 46.1 Å². The second-order valence-electron chi connectivity index (χ2n) is 5.60. The van der Waals surface area contributed by atoms with Gasteiger partial charge in [-0.1, -0.05) is 18.2 Å². The van der Waals surface area contributed by atoms with Gasteiger partial charge in [0.05, 0.1) is 0 Å². The fraction of sp³-hybridized carbons (Fsp3) is 0.929. The molecule has 2 aliphatic rings. The summed E-state index contributed by atoms with van der Waals surface area (Å²) in [6.45, 7) is 8.10. The van der Waals surface area contributed by atoms with Crippen LogP contribution in [0.4, 0.5) is 0 Å². The first kappa shape index (κ1) is 14.2. The van der Waals surface area contributed by atoms with Gasteiger partial charge in [0.25, 0.3) is 0 Å². The molecule has 0 bridgehead atoms. The third kappa shape index (κ3) is 4.47. The average Bonchev–Trinajstić information content (AvgIpc) is 2.37. The van der Waals surface area contributed by atoms with Crippen molar-refractivity contribution in [1.82, 2.24) is 10.2 Å². The largest absolute Gasteiger partial charge is 0.362 e. The van der Waals surface area contributed by atoms with Gasteiger partial charge in [0.2, 0.25) is 0 Å². The minimum absolute atomic E-state index is 0.604. The summed E-state index contributed by atoms with van der Waals surface area (Å²) >= 11 is 1.88. The number of nitrogens with one attached hydrogen (secondary N) is 1. The Morgan fingerprint density at radius 3 is 3.00 bits per heavy atom. The first-order chi connectivity index (χ1) is 8.75. The van der Waals surface area contributed by atoms with Gasteiger partial charge in [0, 0.05) is 30.9 Å². The number of thioether (sulfide) groups is 1. The average molecular weight is 269 g/mol. The summed E-state index contributed by atoms with van der Waals surface area (Å²) < 4.78 is 0. The molecule has 4 heteroatoms. The summed E-state index contributed by atoms with van der Waals surface area (Å²) in [5, 5.41) is 4.63. The number of rotatable bonds is 4. The van der Waals surface area contributed by atoms with E-state index in [-0.39, 0.29) is 0 Å². The number of nitrogens with zero attached hydrogens (tertiary/aromatic N) is 2. The first-order valence-corrected chi connectivity index (χ1v) is 8.42. The van der Waals surface area contributed by atoms with Crippen LogP contribution in [0.25, 0.3) is 0 Å². The summed E-state index contributed by atoms with van der Waals surface area (Å²) in [6, 6.07) is 1.39. The smallest absolute Gasteiger partial charge is 0.156 e. The summed E-state index contributed by atoms with van der Waals surface area (Å²) in [5.41, 5.74) is 0. The minimum atomic E-state index is 0.604. The molecule has 2 saturated heterocycles. The maximum atomic E-state index is 4.68. The zero-order chi connectivity index (χ0) is 12.8. The molecule has 0 radical (unpaired) electrons. The van der Waals surface area contributed by atoms with Crippen LogP contribution in [0.3, 0.4) is 0 Å². The van der Waals surface area contributed by atoms with Crippen molar-refractivity contribution in [2.45, 2.75) is 58.0 Å². The van der Waals surface area contributed by atoms with E-state index >= 15 is 0 Å². The lowest BCUT2D eigenvalue weighted by molar-refractivity contribution is 0.160. The highest BCUT2D eigenvalue weighted by molar-refractivity contribution is 8.13. The van der Waals surface area contributed by atoms with E-state index in [2.05, 4.69) is 29.1 Å². The van der Waals surface area contributed by atoms with E-state index in [1.807, 2.05) is 11.8 Å². The fourth-order valence-electron chi connectivity index (χ4n) is 2.69. The molecule has 18 heavy (non-hydrogen) atoms. The van der Waals surface area contributed by atoms with Crippen molar-refractivity contribution in [3.63, 3.8) is 0 Å². The van der Waals surface area contributed by atoms with E-state index in [1.165, 1.54) is 56.1 Å². The van der Waals surface area contributed by atoms with Crippen LogP contribution in [-0.4, -0.2) is 47.5 Å². The lowest BCUT2D eigenvalue weighted by atomic mass is 10.0. The number of hydrogen-bond acceptors (Lipinski definition) is 3. The van der Waals surface area contributed by atoms with Crippen LogP contribution < -0.4 is 5.32 Å². The van der Waals surface area contributed by atoms with Gasteiger partial charge in [-0.3, -0.25) is 4.99 Å². The van der Waals surface area contributed by atoms with Crippen molar-refractivity contribution in [2.24, 2.45) is 4.99 Å². The molecule has 2 atom stereocenters. The molecule has 0 aromatic rings. The lowest BCUT2D eigenvalue weighted by Crippen LogP contribution is -2.38. The quantitative estimate of drug-likeness (QED) is 0.795. The molecule has 0 aromatic carbocycles. The second-order valence-corrected chi connectivity index (χ2v) is 6.69. The molecule has 0 aromatic heterocycles. The van der Waals surface area contributed by atoms with Crippen molar-refractivity contribution in [2.75, 3.05) is 25.4 Å². The van der Waals surface area contributed by atoms with Crippen molar-refractivity contribution < 1.29 is 0 Å². The highest BCUT2D eigenvalue weighted by Crippen LogP contribution is 2.17. The Morgan fingerprint density at radius 2 is 2.22 bits per heavy atom. The number of likely N-dealkylation sites (tertiary alicyclic amines) is 1.